The van der Waals surface area contributed by atoms with Gasteiger partial charge in [0.15, 0.2) is 5.16 Å². The molecule has 2 saturated carbocycles. The maximum absolute atomic E-state index is 13.0. The maximum Gasteiger partial charge on any atom is 0.235 e. The summed E-state index contributed by atoms with van der Waals surface area (Å²) in [5, 5.41) is 9.67. The first-order valence-corrected chi connectivity index (χ1v) is 11.4. The van der Waals surface area contributed by atoms with Crippen molar-refractivity contribution in [2.45, 2.75) is 80.8 Å². The lowest BCUT2D eigenvalue weighted by atomic mass is 9.94. The van der Waals surface area contributed by atoms with Gasteiger partial charge in [-0.3, -0.25) is 4.79 Å². The quantitative estimate of drug-likeness (QED) is 0.646. The number of nitrogens with zero attached hydrogens (tertiary/aromatic N) is 4. The van der Waals surface area contributed by atoms with Gasteiger partial charge in [-0.1, -0.05) is 61.4 Å². The number of benzene rings is 1. The molecule has 1 atom stereocenters. The fraction of sp³-hybridized carbons (Fsp3) is 0.591. The van der Waals surface area contributed by atoms with E-state index in [1.807, 2.05) is 24.9 Å². The van der Waals surface area contributed by atoms with Crippen molar-refractivity contribution in [1.29, 1.82) is 0 Å². The van der Waals surface area contributed by atoms with Crippen molar-refractivity contribution in [2.75, 3.05) is 7.05 Å². The molecule has 2 fully saturated rings. The van der Waals surface area contributed by atoms with Crippen molar-refractivity contribution in [3.63, 3.8) is 0 Å². The SMILES string of the molecule is C[C@@H](Sc1nnc(C2CC2)n1Cc1ccccc1)C(=O)N(C)C1CCCCC1. The minimum atomic E-state index is -0.155. The molecule has 2 aliphatic carbocycles. The smallest absolute Gasteiger partial charge is 0.235 e. The van der Waals surface area contributed by atoms with Gasteiger partial charge in [0, 0.05) is 19.0 Å². The Balaban J connectivity index is 1.48. The van der Waals surface area contributed by atoms with Crippen LogP contribution in [0.25, 0.3) is 0 Å². The van der Waals surface area contributed by atoms with Gasteiger partial charge in [-0.2, -0.15) is 0 Å². The molecule has 1 amide bonds. The molecule has 150 valence electrons. The molecule has 28 heavy (non-hydrogen) atoms. The van der Waals surface area contributed by atoms with E-state index < -0.39 is 0 Å². The van der Waals surface area contributed by atoms with Gasteiger partial charge in [0.05, 0.1) is 11.8 Å². The zero-order chi connectivity index (χ0) is 19.5. The van der Waals surface area contributed by atoms with Crippen molar-refractivity contribution in [1.82, 2.24) is 19.7 Å². The van der Waals surface area contributed by atoms with Crippen LogP contribution in [0.3, 0.4) is 0 Å². The van der Waals surface area contributed by atoms with Crippen LogP contribution in [0, 0.1) is 0 Å². The summed E-state index contributed by atoms with van der Waals surface area (Å²) >= 11 is 1.55. The topological polar surface area (TPSA) is 51.0 Å². The summed E-state index contributed by atoms with van der Waals surface area (Å²) in [5.74, 6) is 1.81. The van der Waals surface area contributed by atoms with Gasteiger partial charge < -0.3 is 9.47 Å². The second-order valence-corrected chi connectivity index (χ2v) is 9.50. The third-order valence-electron chi connectivity index (χ3n) is 5.97. The summed E-state index contributed by atoms with van der Waals surface area (Å²) in [6, 6.07) is 10.8. The number of carbonyl (C=O) groups is 1. The number of amides is 1. The predicted molar refractivity (Wildman–Crippen MR) is 113 cm³/mol. The van der Waals surface area contributed by atoms with E-state index in [0.717, 1.165) is 30.4 Å². The summed E-state index contributed by atoms with van der Waals surface area (Å²) in [4.78, 5) is 15.0. The number of hydrogen-bond acceptors (Lipinski definition) is 4. The van der Waals surface area contributed by atoms with Crippen LogP contribution in [0.5, 0.6) is 0 Å². The van der Waals surface area contributed by atoms with Gasteiger partial charge in [0.25, 0.3) is 0 Å². The minimum Gasteiger partial charge on any atom is -0.342 e. The lowest BCUT2D eigenvalue weighted by molar-refractivity contribution is -0.131. The molecule has 2 aromatic rings. The average Bonchev–Trinajstić information content (AvgIpc) is 3.51. The average molecular weight is 399 g/mol. The molecule has 4 rings (SSSR count). The van der Waals surface area contributed by atoms with Crippen molar-refractivity contribution in [3.8, 4) is 0 Å². The number of carbonyl (C=O) groups excluding carboxylic acids is 1. The highest BCUT2D eigenvalue weighted by Gasteiger charge is 2.32. The first kappa shape index (κ1) is 19.5. The highest BCUT2D eigenvalue weighted by Crippen LogP contribution is 2.40. The van der Waals surface area contributed by atoms with E-state index in [0.29, 0.717) is 12.0 Å². The van der Waals surface area contributed by atoms with E-state index in [-0.39, 0.29) is 11.2 Å². The molecule has 0 spiro atoms. The van der Waals surface area contributed by atoms with Gasteiger partial charge in [0.2, 0.25) is 5.91 Å². The van der Waals surface area contributed by atoms with Gasteiger partial charge >= 0.3 is 0 Å². The van der Waals surface area contributed by atoms with Crippen molar-refractivity contribution in [3.05, 3.63) is 41.7 Å². The molecule has 2 aliphatic rings. The Morgan fingerprint density at radius 1 is 1.14 bits per heavy atom. The number of aromatic nitrogens is 3. The summed E-state index contributed by atoms with van der Waals surface area (Å²) in [6.07, 6.45) is 8.42. The van der Waals surface area contributed by atoms with Crippen LogP contribution in [-0.4, -0.2) is 43.9 Å². The van der Waals surface area contributed by atoms with Crippen LogP contribution >= 0.6 is 11.8 Å². The Morgan fingerprint density at radius 3 is 2.54 bits per heavy atom. The highest BCUT2D eigenvalue weighted by atomic mass is 32.2. The molecule has 6 heteroatoms. The predicted octanol–water partition coefficient (Wildman–Crippen LogP) is 4.48. The molecule has 0 N–H and O–H groups in total. The normalized spacial score (nSPS) is 18.8. The molecule has 0 saturated heterocycles. The van der Waals surface area contributed by atoms with Crippen molar-refractivity contribution in [2.24, 2.45) is 0 Å². The molecule has 1 aromatic carbocycles. The van der Waals surface area contributed by atoms with Crippen LogP contribution in [0.1, 0.15) is 69.2 Å². The Kier molecular flexibility index (Phi) is 6.04. The number of thioether (sulfide) groups is 1. The third-order valence-corrected chi connectivity index (χ3v) is 7.04. The maximum atomic E-state index is 13.0. The molecule has 1 heterocycles. The zero-order valence-electron chi connectivity index (χ0n) is 16.9. The largest absolute Gasteiger partial charge is 0.342 e. The van der Waals surface area contributed by atoms with Crippen LogP contribution in [0.15, 0.2) is 35.5 Å². The van der Waals surface area contributed by atoms with Crippen LogP contribution in [0.2, 0.25) is 0 Å². The summed E-state index contributed by atoms with van der Waals surface area (Å²) < 4.78 is 2.22. The minimum absolute atomic E-state index is 0.155. The summed E-state index contributed by atoms with van der Waals surface area (Å²) in [5.41, 5.74) is 1.24. The van der Waals surface area contributed by atoms with Crippen molar-refractivity contribution < 1.29 is 4.79 Å². The fourth-order valence-electron chi connectivity index (χ4n) is 4.09. The molecule has 0 radical (unpaired) electrons. The molecule has 5 nitrogen and oxygen atoms in total. The van der Waals surface area contributed by atoms with E-state index in [9.17, 15) is 4.79 Å². The second-order valence-electron chi connectivity index (χ2n) is 8.19. The molecular weight excluding hydrogens is 368 g/mol. The zero-order valence-corrected chi connectivity index (χ0v) is 17.7. The van der Waals surface area contributed by atoms with E-state index in [4.69, 9.17) is 0 Å². The Morgan fingerprint density at radius 2 is 1.86 bits per heavy atom. The van der Waals surface area contributed by atoms with Crippen molar-refractivity contribution >= 4 is 17.7 Å². The molecule has 0 bridgehead atoms. The number of rotatable bonds is 7. The van der Waals surface area contributed by atoms with E-state index in [1.165, 1.54) is 37.7 Å². The van der Waals surface area contributed by atoms with Gasteiger partial charge in [-0.25, -0.2) is 0 Å². The van der Waals surface area contributed by atoms with Crippen LogP contribution in [-0.2, 0) is 11.3 Å². The molecule has 0 aliphatic heterocycles. The fourth-order valence-corrected chi connectivity index (χ4v) is 5.05. The van der Waals surface area contributed by atoms with Gasteiger partial charge in [-0.05, 0) is 38.2 Å². The molecule has 1 aromatic heterocycles. The Hall–Kier alpha value is -1.82. The van der Waals surface area contributed by atoms with E-state index >= 15 is 0 Å². The standard InChI is InChI=1S/C22H30N4OS/c1-16(21(27)25(2)19-11-7-4-8-12-19)28-22-24-23-20(18-13-14-18)26(22)15-17-9-5-3-6-10-17/h3,5-6,9-10,16,18-19H,4,7-8,11-15H2,1-2H3/t16-/m1/s1. The first-order valence-electron chi connectivity index (χ1n) is 10.5. The summed E-state index contributed by atoms with van der Waals surface area (Å²) in [7, 11) is 1.97. The third kappa shape index (κ3) is 4.43. The van der Waals surface area contributed by atoms with E-state index in [2.05, 4.69) is 39.0 Å². The molecule has 0 unspecified atom stereocenters. The van der Waals surface area contributed by atoms with Gasteiger partial charge in [-0.15, -0.1) is 10.2 Å². The number of hydrogen-bond donors (Lipinski definition) is 0. The monoisotopic (exact) mass is 398 g/mol. The van der Waals surface area contributed by atoms with Crippen LogP contribution < -0.4 is 0 Å². The summed E-state index contributed by atoms with van der Waals surface area (Å²) in [6.45, 7) is 2.77. The Labute approximate surface area is 171 Å². The first-order chi connectivity index (χ1) is 13.6. The molecular formula is C22H30N4OS. The Bertz CT molecular complexity index is 796. The second kappa shape index (κ2) is 8.68. The van der Waals surface area contributed by atoms with Crippen LogP contribution in [0.4, 0.5) is 0 Å². The lowest BCUT2D eigenvalue weighted by Gasteiger charge is -2.32. The lowest BCUT2D eigenvalue weighted by Crippen LogP contribution is -2.42. The highest BCUT2D eigenvalue weighted by molar-refractivity contribution is 8.00. The van der Waals surface area contributed by atoms with Gasteiger partial charge in [0.1, 0.15) is 5.82 Å². The van der Waals surface area contributed by atoms with E-state index in [1.54, 1.807) is 11.8 Å².